The molecule has 3 N–H and O–H groups in total. The molecular formula is C24H33ClN6O2S. The molecule has 10 heteroatoms. The minimum absolute atomic E-state index is 0.0807. The van der Waals surface area contributed by atoms with Crippen LogP contribution in [0.4, 0.5) is 17.5 Å². The Balaban J connectivity index is 1.34. The van der Waals surface area contributed by atoms with Crippen LogP contribution in [0.1, 0.15) is 62.6 Å². The lowest BCUT2D eigenvalue weighted by Gasteiger charge is -2.35. The highest BCUT2D eigenvalue weighted by Gasteiger charge is 2.38. The fourth-order valence-electron chi connectivity index (χ4n) is 5.94. The number of hydrogen-bond donors (Lipinski definition) is 3. The van der Waals surface area contributed by atoms with Crippen LogP contribution in [0.15, 0.2) is 24.4 Å². The van der Waals surface area contributed by atoms with Crippen molar-refractivity contribution in [2.75, 3.05) is 23.4 Å². The second-order valence-corrected chi connectivity index (χ2v) is 11.9. The van der Waals surface area contributed by atoms with Crippen LogP contribution in [0.3, 0.4) is 0 Å². The Kier molecular flexibility index (Phi) is 6.72. The summed E-state index contributed by atoms with van der Waals surface area (Å²) in [5.74, 6) is 0.975. The molecule has 2 aromatic rings. The fraction of sp³-hybridized carbons (Fsp3) is 0.583. The summed E-state index contributed by atoms with van der Waals surface area (Å²) in [7, 11) is -3.30. The van der Waals surface area contributed by atoms with Crippen molar-refractivity contribution in [1.82, 2.24) is 19.6 Å². The highest BCUT2D eigenvalue weighted by atomic mass is 35.5. The third-order valence-electron chi connectivity index (χ3n) is 7.42. The lowest BCUT2D eigenvalue weighted by molar-refractivity contribution is 0.188. The highest BCUT2D eigenvalue weighted by Crippen LogP contribution is 2.44. The molecule has 4 atom stereocenters. The maximum atomic E-state index is 11.8. The van der Waals surface area contributed by atoms with Crippen molar-refractivity contribution in [2.24, 2.45) is 0 Å². The van der Waals surface area contributed by atoms with Gasteiger partial charge in [0.1, 0.15) is 5.02 Å². The highest BCUT2D eigenvalue weighted by molar-refractivity contribution is 7.88. The summed E-state index contributed by atoms with van der Waals surface area (Å²) in [4.78, 5) is 11.6. The minimum Gasteiger partial charge on any atom is -0.364 e. The first kappa shape index (κ1) is 23.8. The topological polar surface area (TPSA) is 99.2 Å². The zero-order chi connectivity index (χ0) is 23.9. The maximum absolute atomic E-state index is 11.8. The SMILES string of the molecule is CCN1C2CC[C@@H]1c1cc(Nc3ncc(Cl)c(N[C@@H]4CCCCC4NS(C)(=O)=O)n3)ccc1C2. The first-order valence-corrected chi connectivity index (χ1v) is 14.5. The quantitative estimate of drug-likeness (QED) is 0.519. The molecule has 1 aliphatic carbocycles. The third-order valence-corrected chi connectivity index (χ3v) is 8.43. The van der Waals surface area contributed by atoms with Crippen LogP contribution in [0.25, 0.3) is 0 Å². The van der Waals surface area contributed by atoms with Gasteiger partial charge in [-0.05, 0) is 61.9 Å². The number of likely N-dealkylation sites (N-methyl/N-ethyl adjacent to an activating group) is 1. The number of anilines is 3. The average molecular weight is 505 g/mol. The fourth-order valence-corrected chi connectivity index (χ4v) is 6.92. The van der Waals surface area contributed by atoms with E-state index in [4.69, 9.17) is 11.6 Å². The van der Waals surface area contributed by atoms with Crippen molar-refractivity contribution < 1.29 is 8.42 Å². The van der Waals surface area contributed by atoms with Gasteiger partial charge in [0.15, 0.2) is 5.82 Å². The number of rotatable bonds is 7. The van der Waals surface area contributed by atoms with Gasteiger partial charge in [0, 0.05) is 29.9 Å². The van der Waals surface area contributed by atoms with E-state index in [1.54, 1.807) is 6.20 Å². The Morgan fingerprint density at radius 1 is 1.15 bits per heavy atom. The van der Waals surface area contributed by atoms with Crippen LogP contribution in [0.5, 0.6) is 0 Å². The summed E-state index contributed by atoms with van der Waals surface area (Å²) in [6.45, 7) is 3.33. The second kappa shape index (κ2) is 9.60. The molecule has 0 spiro atoms. The zero-order valence-corrected chi connectivity index (χ0v) is 21.3. The molecule has 1 saturated carbocycles. The molecule has 1 saturated heterocycles. The molecule has 2 unspecified atom stereocenters. The first-order valence-electron chi connectivity index (χ1n) is 12.2. The van der Waals surface area contributed by atoms with Gasteiger partial charge in [-0.25, -0.2) is 18.1 Å². The molecule has 1 aromatic heterocycles. The Morgan fingerprint density at radius 2 is 1.94 bits per heavy atom. The van der Waals surface area contributed by atoms with Crippen molar-refractivity contribution in [3.05, 3.63) is 40.5 Å². The monoisotopic (exact) mass is 504 g/mol. The standard InChI is InChI=1S/C24H33ClN6O2S/c1-3-31-17-10-11-22(31)18-13-16(9-8-15(18)12-17)27-24-26-14-19(25)23(29-24)28-20-6-4-5-7-21(20)30-34(2,32)33/h8-9,13-14,17,20-22,30H,3-7,10-12H2,1-2H3,(H2,26,27,28,29)/t17?,20-,21?,22-/m1/s1. The van der Waals surface area contributed by atoms with Crippen molar-refractivity contribution >= 4 is 39.1 Å². The van der Waals surface area contributed by atoms with Gasteiger partial charge in [-0.2, -0.15) is 4.98 Å². The van der Waals surface area contributed by atoms with Gasteiger partial charge >= 0.3 is 0 Å². The van der Waals surface area contributed by atoms with E-state index in [9.17, 15) is 8.42 Å². The zero-order valence-electron chi connectivity index (χ0n) is 19.7. The minimum atomic E-state index is -3.30. The van der Waals surface area contributed by atoms with Crippen molar-refractivity contribution in [2.45, 2.75) is 76.0 Å². The molecule has 1 aromatic carbocycles. The molecule has 2 aliphatic heterocycles. The predicted molar refractivity (Wildman–Crippen MR) is 136 cm³/mol. The van der Waals surface area contributed by atoms with Crippen LogP contribution in [0, 0.1) is 0 Å². The normalized spacial score (nSPS) is 26.8. The molecule has 34 heavy (non-hydrogen) atoms. The van der Waals surface area contributed by atoms with Crippen molar-refractivity contribution in [3.8, 4) is 0 Å². The first-order chi connectivity index (χ1) is 16.3. The summed E-state index contributed by atoms with van der Waals surface area (Å²) >= 11 is 6.41. The van der Waals surface area contributed by atoms with Crippen molar-refractivity contribution in [1.29, 1.82) is 0 Å². The van der Waals surface area contributed by atoms with Crippen LogP contribution in [0.2, 0.25) is 5.02 Å². The van der Waals surface area contributed by atoms with Gasteiger partial charge in [-0.1, -0.05) is 37.4 Å². The van der Waals surface area contributed by atoms with Crippen LogP contribution in [-0.4, -0.2) is 54.2 Å². The molecule has 8 nitrogen and oxygen atoms in total. The molecule has 0 amide bonds. The molecule has 184 valence electrons. The molecule has 2 bridgehead atoms. The van der Waals surface area contributed by atoms with Crippen LogP contribution in [-0.2, 0) is 16.4 Å². The smallest absolute Gasteiger partial charge is 0.229 e. The lowest BCUT2D eigenvalue weighted by Crippen LogP contribution is -2.48. The van der Waals surface area contributed by atoms with E-state index in [1.165, 1.54) is 30.2 Å². The predicted octanol–water partition coefficient (Wildman–Crippen LogP) is 4.23. The molecule has 0 radical (unpaired) electrons. The Hall–Kier alpha value is -1.94. The number of hydrogen-bond acceptors (Lipinski definition) is 7. The second-order valence-electron chi connectivity index (χ2n) is 9.74. The number of nitrogens with zero attached hydrogens (tertiary/aromatic N) is 3. The van der Waals surface area contributed by atoms with Gasteiger partial charge in [0.25, 0.3) is 0 Å². The summed E-state index contributed by atoms with van der Waals surface area (Å²) in [5, 5.41) is 7.14. The molecule has 5 rings (SSSR count). The van der Waals surface area contributed by atoms with E-state index >= 15 is 0 Å². The summed E-state index contributed by atoms with van der Waals surface area (Å²) < 4.78 is 26.4. The maximum Gasteiger partial charge on any atom is 0.229 e. The van der Waals surface area contributed by atoms with Crippen molar-refractivity contribution in [3.63, 3.8) is 0 Å². The summed E-state index contributed by atoms with van der Waals surface area (Å²) in [6, 6.07) is 7.46. The average Bonchev–Trinajstić information content (AvgIpc) is 3.10. The number of sulfonamides is 1. The van der Waals surface area contributed by atoms with E-state index in [0.29, 0.717) is 28.9 Å². The molecule has 3 heterocycles. The lowest BCUT2D eigenvalue weighted by atomic mass is 9.91. The molecule has 3 aliphatic rings. The Bertz CT molecular complexity index is 1160. The van der Waals surface area contributed by atoms with Crippen LogP contribution < -0.4 is 15.4 Å². The number of fused-ring (bicyclic) bond motifs is 4. The van der Waals surface area contributed by atoms with Gasteiger partial charge < -0.3 is 10.6 Å². The third kappa shape index (κ3) is 5.03. The van der Waals surface area contributed by atoms with E-state index in [-0.39, 0.29) is 12.1 Å². The van der Waals surface area contributed by atoms with Crippen LogP contribution >= 0.6 is 11.6 Å². The summed E-state index contributed by atoms with van der Waals surface area (Å²) in [6.07, 6.45) is 10.0. The number of nitrogens with one attached hydrogen (secondary N) is 3. The molecular weight excluding hydrogens is 472 g/mol. The van der Waals surface area contributed by atoms with Gasteiger partial charge in [-0.3, -0.25) is 4.90 Å². The van der Waals surface area contributed by atoms with E-state index in [2.05, 4.69) is 55.3 Å². The van der Waals surface area contributed by atoms with E-state index in [0.717, 1.165) is 44.3 Å². The van der Waals surface area contributed by atoms with E-state index in [1.807, 2.05) is 0 Å². The Morgan fingerprint density at radius 3 is 2.71 bits per heavy atom. The van der Waals surface area contributed by atoms with Gasteiger partial charge in [0.05, 0.1) is 12.5 Å². The Labute approximate surface area is 206 Å². The van der Waals surface area contributed by atoms with Gasteiger partial charge in [-0.15, -0.1) is 0 Å². The number of halogens is 1. The van der Waals surface area contributed by atoms with Gasteiger partial charge in [0.2, 0.25) is 16.0 Å². The summed E-state index contributed by atoms with van der Waals surface area (Å²) in [5.41, 5.74) is 3.82. The molecule has 2 fully saturated rings. The van der Waals surface area contributed by atoms with E-state index < -0.39 is 10.0 Å². The number of aromatic nitrogens is 2. The largest absolute Gasteiger partial charge is 0.364 e. The number of benzene rings is 1.